The highest BCUT2D eigenvalue weighted by Crippen LogP contribution is 2.32. The monoisotopic (exact) mass is 396 g/mol. The largest absolute Gasteiger partial charge is 0.506 e. The van der Waals surface area contributed by atoms with E-state index >= 15 is 0 Å². The second-order valence-electron chi connectivity index (χ2n) is 4.59. The van der Waals surface area contributed by atoms with Crippen molar-refractivity contribution in [3.05, 3.63) is 51.0 Å². The molecular formula is C15H10BrClN2O4. The van der Waals surface area contributed by atoms with Gasteiger partial charge in [-0.3, -0.25) is 4.79 Å². The highest BCUT2D eigenvalue weighted by Gasteiger charge is 2.15. The fourth-order valence-corrected chi connectivity index (χ4v) is 2.78. The predicted octanol–water partition coefficient (Wildman–Crippen LogP) is 3.30. The minimum atomic E-state index is -0.417. The molecule has 2 aromatic rings. The third-order valence-corrected chi connectivity index (χ3v) is 3.88. The number of carbonyl (C=O) groups excluding carboxylic acids is 1. The molecule has 0 spiro atoms. The second kappa shape index (κ2) is 6.47. The molecule has 118 valence electrons. The van der Waals surface area contributed by atoms with Gasteiger partial charge in [-0.2, -0.15) is 5.10 Å². The van der Waals surface area contributed by atoms with Crippen molar-refractivity contribution in [1.29, 1.82) is 0 Å². The van der Waals surface area contributed by atoms with E-state index in [1.54, 1.807) is 24.3 Å². The quantitative estimate of drug-likeness (QED) is 0.615. The standard InChI is InChI=1S/C15H10BrClN2O4/c16-11-5-10(17)3-9(14(11)20)6-18-19-15(21)8-1-2-12-13(4-8)23-7-22-12/h1-6,20H,7H2,(H,19,21)/b18-6-. The lowest BCUT2D eigenvalue weighted by molar-refractivity contribution is 0.0954. The molecule has 0 aromatic heterocycles. The number of hydrogen-bond donors (Lipinski definition) is 2. The maximum absolute atomic E-state index is 12.0. The Kier molecular flexibility index (Phi) is 4.40. The summed E-state index contributed by atoms with van der Waals surface area (Å²) in [6.45, 7) is 0.140. The van der Waals surface area contributed by atoms with Crippen molar-refractivity contribution in [1.82, 2.24) is 5.43 Å². The molecule has 2 aromatic carbocycles. The summed E-state index contributed by atoms with van der Waals surface area (Å²) in [4.78, 5) is 12.0. The van der Waals surface area contributed by atoms with Crippen molar-refractivity contribution < 1.29 is 19.4 Å². The molecule has 1 amide bonds. The summed E-state index contributed by atoms with van der Waals surface area (Å²) in [5, 5.41) is 14.1. The number of halogens is 2. The third kappa shape index (κ3) is 3.40. The van der Waals surface area contributed by atoms with Crippen LogP contribution in [0.3, 0.4) is 0 Å². The van der Waals surface area contributed by atoms with Crippen molar-refractivity contribution in [2.45, 2.75) is 0 Å². The molecule has 2 N–H and O–H groups in total. The van der Waals surface area contributed by atoms with Gasteiger partial charge in [0.2, 0.25) is 6.79 Å². The number of benzene rings is 2. The minimum absolute atomic E-state index is 0.0181. The molecule has 8 heteroatoms. The van der Waals surface area contributed by atoms with Gasteiger partial charge in [-0.25, -0.2) is 5.43 Å². The summed E-state index contributed by atoms with van der Waals surface area (Å²) in [6, 6.07) is 7.91. The molecule has 1 aliphatic rings. The lowest BCUT2D eigenvalue weighted by atomic mass is 10.2. The van der Waals surface area contributed by atoms with Gasteiger partial charge in [-0.05, 0) is 46.3 Å². The molecule has 23 heavy (non-hydrogen) atoms. The third-order valence-electron chi connectivity index (χ3n) is 3.06. The molecule has 0 aliphatic carbocycles. The van der Waals surface area contributed by atoms with Gasteiger partial charge in [0.05, 0.1) is 10.7 Å². The number of fused-ring (bicyclic) bond motifs is 1. The van der Waals surface area contributed by atoms with Crippen molar-refractivity contribution in [2.75, 3.05) is 6.79 Å². The first-order chi connectivity index (χ1) is 11.0. The van der Waals surface area contributed by atoms with E-state index in [4.69, 9.17) is 21.1 Å². The normalized spacial score (nSPS) is 12.6. The minimum Gasteiger partial charge on any atom is -0.506 e. The Morgan fingerprint density at radius 3 is 2.91 bits per heavy atom. The van der Waals surface area contributed by atoms with Crippen molar-refractivity contribution in [3.63, 3.8) is 0 Å². The number of carbonyl (C=O) groups is 1. The lowest BCUT2D eigenvalue weighted by Crippen LogP contribution is -2.17. The zero-order chi connectivity index (χ0) is 16.4. The number of ether oxygens (including phenoxy) is 2. The summed E-state index contributed by atoms with van der Waals surface area (Å²) in [7, 11) is 0. The van der Waals surface area contributed by atoms with Gasteiger partial charge in [-0.1, -0.05) is 11.6 Å². The zero-order valence-corrected chi connectivity index (χ0v) is 13.9. The van der Waals surface area contributed by atoms with Crippen LogP contribution in [0.4, 0.5) is 0 Å². The fourth-order valence-electron chi connectivity index (χ4n) is 1.95. The topological polar surface area (TPSA) is 80.2 Å². The number of phenols is 1. The number of aromatic hydroxyl groups is 1. The Labute approximate surface area is 144 Å². The molecule has 1 heterocycles. The number of amides is 1. The fraction of sp³-hybridized carbons (Fsp3) is 0.0667. The maximum atomic E-state index is 12.0. The Morgan fingerprint density at radius 2 is 2.09 bits per heavy atom. The maximum Gasteiger partial charge on any atom is 0.271 e. The summed E-state index contributed by atoms with van der Waals surface area (Å²) < 4.78 is 10.8. The highest BCUT2D eigenvalue weighted by molar-refractivity contribution is 9.10. The molecule has 0 radical (unpaired) electrons. The summed E-state index contributed by atoms with van der Waals surface area (Å²) in [5.41, 5.74) is 3.12. The van der Waals surface area contributed by atoms with Gasteiger partial charge in [-0.15, -0.1) is 0 Å². The van der Waals surface area contributed by atoms with Crippen LogP contribution in [0, 0.1) is 0 Å². The van der Waals surface area contributed by atoms with Crippen LogP contribution in [0.25, 0.3) is 0 Å². The molecule has 0 bridgehead atoms. The predicted molar refractivity (Wildman–Crippen MR) is 88.4 cm³/mol. The van der Waals surface area contributed by atoms with Crippen molar-refractivity contribution >= 4 is 39.7 Å². The van der Waals surface area contributed by atoms with Gasteiger partial charge in [0.15, 0.2) is 11.5 Å². The number of phenolic OH excluding ortho intramolecular Hbond substituents is 1. The molecule has 0 fully saturated rings. The van der Waals surface area contributed by atoms with Gasteiger partial charge in [0.25, 0.3) is 5.91 Å². The Bertz CT molecular complexity index is 810. The van der Waals surface area contributed by atoms with Crippen LogP contribution < -0.4 is 14.9 Å². The van der Waals surface area contributed by atoms with Gasteiger partial charge < -0.3 is 14.6 Å². The molecule has 3 rings (SSSR count). The van der Waals surface area contributed by atoms with Gasteiger partial charge in [0.1, 0.15) is 5.75 Å². The van der Waals surface area contributed by atoms with Crippen LogP contribution in [-0.4, -0.2) is 24.0 Å². The number of rotatable bonds is 3. The second-order valence-corrected chi connectivity index (χ2v) is 5.88. The first-order valence-corrected chi connectivity index (χ1v) is 7.63. The molecule has 6 nitrogen and oxygen atoms in total. The number of nitrogens with one attached hydrogen (secondary N) is 1. The Hall–Kier alpha value is -2.25. The molecule has 0 saturated carbocycles. The molecule has 1 aliphatic heterocycles. The number of hydrogen-bond acceptors (Lipinski definition) is 5. The van der Waals surface area contributed by atoms with E-state index < -0.39 is 5.91 Å². The molecule has 0 saturated heterocycles. The van der Waals surface area contributed by atoms with Crippen molar-refractivity contribution in [3.8, 4) is 17.2 Å². The SMILES string of the molecule is O=C(N/N=C\c1cc(Cl)cc(Br)c1O)c1ccc2c(c1)OCO2. The van der Waals surface area contributed by atoms with Crippen LogP contribution in [0.1, 0.15) is 15.9 Å². The van der Waals surface area contributed by atoms with Gasteiger partial charge in [0, 0.05) is 16.1 Å². The summed E-state index contributed by atoms with van der Waals surface area (Å²) in [5.74, 6) is 0.674. The first-order valence-electron chi connectivity index (χ1n) is 6.45. The van der Waals surface area contributed by atoms with Crippen LogP contribution in [0.15, 0.2) is 39.9 Å². The molecule has 0 unspecified atom stereocenters. The van der Waals surface area contributed by atoms with E-state index in [0.29, 0.717) is 32.1 Å². The Morgan fingerprint density at radius 1 is 1.30 bits per heavy atom. The lowest BCUT2D eigenvalue weighted by Gasteiger charge is -2.03. The van der Waals surface area contributed by atoms with Crippen LogP contribution in [0.5, 0.6) is 17.2 Å². The van der Waals surface area contributed by atoms with E-state index in [2.05, 4.69) is 26.5 Å². The van der Waals surface area contributed by atoms with E-state index in [0.717, 1.165) is 0 Å². The number of nitrogens with zero attached hydrogens (tertiary/aromatic N) is 1. The molecular weight excluding hydrogens is 388 g/mol. The van der Waals surface area contributed by atoms with E-state index in [1.165, 1.54) is 12.3 Å². The van der Waals surface area contributed by atoms with E-state index in [-0.39, 0.29) is 12.5 Å². The van der Waals surface area contributed by atoms with Gasteiger partial charge >= 0.3 is 0 Å². The Balaban J connectivity index is 1.72. The first kappa shape index (κ1) is 15.6. The van der Waals surface area contributed by atoms with Crippen LogP contribution in [0.2, 0.25) is 5.02 Å². The smallest absolute Gasteiger partial charge is 0.271 e. The van der Waals surface area contributed by atoms with E-state index in [1.807, 2.05) is 0 Å². The average Bonchev–Trinajstić information content (AvgIpc) is 2.99. The van der Waals surface area contributed by atoms with Crippen molar-refractivity contribution in [2.24, 2.45) is 5.10 Å². The number of hydrazone groups is 1. The summed E-state index contributed by atoms with van der Waals surface area (Å²) >= 11 is 9.07. The average molecular weight is 398 g/mol. The zero-order valence-electron chi connectivity index (χ0n) is 11.5. The van der Waals surface area contributed by atoms with Crippen LogP contribution >= 0.6 is 27.5 Å². The molecule has 0 atom stereocenters. The van der Waals surface area contributed by atoms with Crippen LogP contribution in [-0.2, 0) is 0 Å². The summed E-state index contributed by atoms with van der Waals surface area (Å²) in [6.07, 6.45) is 1.30. The highest BCUT2D eigenvalue weighted by atomic mass is 79.9. The van der Waals surface area contributed by atoms with E-state index in [9.17, 15) is 9.90 Å².